The zero-order valence-corrected chi connectivity index (χ0v) is 32.7. The maximum atomic E-state index is 2.52. The number of rotatable bonds is 4. The molecule has 11 aromatic rings. The predicted octanol–water partition coefficient (Wildman–Crippen LogP) is 8.76. The number of fused-ring (bicyclic) bond motifs is 11. The Labute approximate surface area is 348 Å². The Morgan fingerprint density at radius 1 is 0.250 bits per heavy atom. The summed E-state index contributed by atoms with van der Waals surface area (Å²) in [7, 11) is 0. The molecule has 0 spiro atoms. The molecule has 4 heterocycles. The van der Waals surface area contributed by atoms with Gasteiger partial charge in [-0.05, 0) is 70.4 Å². The number of para-hydroxylation sites is 6. The van der Waals surface area contributed by atoms with Gasteiger partial charge in [-0.3, -0.25) is 10.0 Å². The van der Waals surface area contributed by atoms with Gasteiger partial charge in [0, 0.05) is 21.5 Å². The lowest BCUT2D eigenvalue weighted by atomic mass is 9.27. The second-order valence-electron chi connectivity index (χ2n) is 16.1. The van der Waals surface area contributed by atoms with Gasteiger partial charge in [0.2, 0.25) is 13.4 Å². The van der Waals surface area contributed by atoms with E-state index in [1.165, 1.54) is 99.1 Å². The maximum Gasteiger partial charge on any atom is 0.246 e. The third-order valence-corrected chi connectivity index (χ3v) is 13.0. The molecule has 0 bridgehead atoms. The van der Waals surface area contributed by atoms with Crippen LogP contribution < -0.4 is 42.8 Å². The van der Waals surface area contributed by atoms with E-state index in [-0.39, 0.29) is 13.4 Å². The summed E-state index contributed by atoms with van der Waals surface area (Å²) in [6, 6.07) is 80.7. The van der Waals surface area contributed by atoms with Crippen molar-refractivity contribution < 1.29 is 0 Å². The molecule has 2 aliphatic rings. The largest absolute Gasteiger partial charge is 0.250 e. The van der Waals surface area contributed by atoms with Crippen LogP contribution in [0.5, 0.6) is 0 Å². The molecule has 0 saturated carbocycles. The number of nitrogens with zero attached hydrogens (tertiary/aromatic N) is 4. The van der Waals surface area contributed by atoms with Gasteiger partial charge in [-0.25, -0.2) is 9.35 Å². The van der Waals surface area contributed by atoms with Crippen molar-refractivity contribution in [1.82, 2.24) is 9.35 Å². The summed E-state index contributed by atoms with van der Waals surface area (Å²) in [5.41, 5.74) is 17.1. The van der Waals surface area contributed by atoms with Gasteiger partial charge < -0.3 is 0 Å². The molecule has 2 aromatic heterocycles. The first-order chi connectivity index (χ1) is 29.8. The van der Waals surface area contributed by atoms with Crippen LogP contribution in [0.2, 0.25) is 0 Å². The third-order valence-electron chi connectivity index (χ3n) is 13.0. The monoisotopic (exact) mass is 762 g/mol. The minimum absolute atomic E-state index is 0.0480. The van der Waals surface area contributed by atoms with Crippen LogP contribution in [0, 0.1) is 0 Å². The Kier molecular flexibility index (Phi) is 7.16. The fourth-order valence-corrected chi connectivity index (χ4v) is 10.7. The summed E-state index contributed by atoms with van der Waals surface area (Å²) in [5, 5.41) is 9.99. The summed E-state index contributed by atoms with van der Waals surface area (Å²) in [6.07, 6.45) is 0. The van der Waals surface area contributed by atoms with E-state index < -0.39 is 0 Å². The number of hydrogen-bond acceptors (Lipinski definition) is 2. The summed E-state index contributed by atoms with van der Waals surface area (Å²) in [4.78, 5) is 0. The minimum atomic E-state index is -0.0480. The number of hydrogen-bond donors (Lipinski definition) is 0. The first-order valence-electron chi connectivity index (χ1n) is 20.9. The van der Waals surface area contributed by atoms with Gasteiger partial charge in [0.25, 0.3) is 0 Å². The number of benzene rings is 9. The van der Waals surface area contributed by atoms with Crippen molar-refractivity contribution in [3.63, 3.8) is 0 Å². The second kappa shape index (κ2) is 12.9. The van der Waals surface area contributed by atoms with E-state index in [0.717, 1.165) is 0 Å². The lowest BCUT2D eigenvalue weighted by molar-refractivity contribution is 0.881. The summed E-state index contributed by atoms with van der Waals surface area (Å²) >= 11 is 0. The Morgan fingerprint density at radius 2 is 0.550 bits per heavy atom. The molecule has 60 heavy (non-hydrogen) atoms. The fourth-order valence-electron chi connectivity index (χ4n) is 10.7. The molecule has 2 aliphatic heterocycles. The topological polar surface area (TPSA) is 16.3 Å². The van der Waals surface area contributed by atoms with Crippen LogP contribution in [0.1, 0.15) is 0 Å². The minimum Gasteiger partial charge on any atom is -0.250 e. The van der Waals surface area contributed by atoms with Crippen molar-refractivity contribution in [2.24, 2.45) is 0 Å². The molecular weight excluding hydrogens is 726 g/mol. The number of anilines is 4. The smallest absolute Gasteiger partial charge is 0.246 e. The molecular formula is C54H36B2N4. The van der Waals surface area contributed by atoms with Crippen LogP contribution in [0.15, 0.2) is 218 Å². The Balaban J connectivity index is 1.21. The van der Waals surface area contributed by atoms with E-state index in [1.54, 1.807) is 0 Å². The van der Waals surface area contributed by atoms with Crippen LogP contribution in [0.25, 0.3) is 43.6 Å². The maximum absolute atomic E-state index is 2.52. The summed E-state index contributed by atoms with van der Waals surface area (Å²) in [6.45, 7) is -0.0960. The highest BCUT2D eigenvalue weighted by Gasteiger charge is 2.45. The molecule has 6 heteroatoms. The van der Waals surface area contributed by atoms with Gasteiger partial charge in [0.1, 0.15) is 0 Å². The van der Waals surface area contributed by atoms with Gasteiger partial charge in [-0.2, -0.15) is 0 Å². The quantitative estimate of drug-likeness (QED) is 0.167. The van der Waals surface area contributed by atoms with Crippen LogP contribution in [0.4, 0.5) is 22.7 Å². The van der Waals surface area contributed by atoms with Crippen LogP contribution in [-0.2, 0) is 0 Å². The van der Waals surface area contributed by atoms with Gasteiger partial charge in [-0.1, -0.05) is 181 Å². The lowest BCUT2D eigenvalue weighted by Gasteiger charge is -2.44. The van der Waals surface area contributed by atoms with E-state index in [9.17, 15) is 0 Å². The lowest BCUT2D eigenvalue weighted by Crippen LogP contribution is -2.70. The summed E-state index contributed by atoms with van der Waals surface area (Å²) in [5.74, 6) is 0. The molecule has 0 atom stereocenters. The van der Waals surface area contributed by atoms with Crippen molar-refractivity contribution >= 4 is 113 Å². The third kappa shape index (κ3) is 4.59. The van der Waals surface area contributed by atoms with E-state index >= 15 is 0 Å². The molecule has 0 amide bonds. The number of aromatic nitrogens is 2. The zero-order valence-electron chi connectivity index (χ0n) is 32.7. The van der Waals surface area contributed by atoms with Crippen molar-refractivity contribution in [1.29, 1.82) is 0 Å². The Hall–Kier alpha value is -7.69. The van der Waals surface area contributed by atoms with Crippen molar-refractivity contribution in [2.45, 2.75) is 0 Å². The summed E-state index contributed by atoms with van der Waals surface area (Å²) < 4.78 is 4.93. The molecule has 278 valence electrons. The molecule has 9 aromatic carbocycles. The van der Waals surface area contributed by atoms with E-state index in [2.05, 4.69) is 238 Å². The standard InChI is InChI=1S/C54H36B2N4/c1-3-19-37(20-4-1)55-43-27-11-17-33-49(43)59(57-45-29-13-7-23-39(45)40-24-8-14-30-46(40)57)51-35-36-52-54(53(51)55)56(38-21-5-2-6-22-38)44-28-12-18-34-50(44)60(52)58-47-31-15-9-25-41(47)42-26-10-16-32-48(42)58/h1-36H. The van der Waals surface area contributed by atoms with Crippen molar-refractivity contribution in [2.75, 3.05) is 10.0 Å². The van der Waals surface area contributed by atoms with Crippen molar-refractivity contribution in [3.8, 4) is 0 Å². The van der Waals surface area contributed by atoms with Gasteiger partial charge in [-0.15, -0.1) is 0 Å². The Bertz CT molecular complexity index is 3140. The normalized spacial score (nSPS) is 13.2. The van der Waals surface area contributed by atoms with E-state index in [1.807, 2.05) is 0 Å². The predicted molar refractivity (Wildman–Crippen MR) is 255 cm³/mol. The molecule has 4 nitrogen and oxygen atoms in total. The van der Waals surface area contributed by atoms with Crippen LogP contribution in [-0.4, -0.2) is 22.8 Å². The molecule has 0 N–H and O–H groups in total. The van der Waals surface area contributed by atoms with Gasteiger partial charge in [0.15, 0.2) is 0 Å². The van der Waals surface area contributed by atoms with E-state index in [4.69, 9.17) is 0 Å². The van der Waals surface area contributed by atoms with E-state index in [0.29, 0.717) is 0 Å². The average molecular weight is 763 g/mol. The first kappa shape index (κ1) is 33.3. The SMILES string of the molecule is c1ccc(B2c3ccccc3N(n3c4ccccc4c4ccccc43)c3ccc4c(c32)B(c2ccccc2)c2ccccc2N4n2c3ccccc3c3ccccc32)cc1. The molecule has 0 unspecified atom stereocenters. The molecule has 0 fully saturated rings. The fraction of sp³-hybridized carbons (Fsp3) is 0. The zero-order chi connectivity index (χ0) is 39.3. The first-order valence-corrected chi connectivity index (χ1v) is 20.9. The molecule has 0 saturated heterocycles. The molecule has 13 rings (SSSR count). The highest BCUT2D eigenvalue weighted by atomic mass is 15.6. The second-order valence-corrected chi connectivity index (χ2v) is 16.1. The molecule has 0 radical (unpaired) electrons. The van der Waals surface area contributed by atoms with Crippen LogP contribution in [0.3, 0.4) is 0 Å². The van der Waals surface area contributed by atoms with Gasteiger partial charge >= 0.3 is 0 Å². The van der Waals surface area contributed by atoms with Gasteiger partial charge in [0.05, 0.1) is 44.8 Å². The average Bonchev–Trinajstić information content (AvgIpc) is 3.83. The van der Waals surface area contributed by atoms with Crippen molar-refractivity contribution in [3.05, 3.63) is 218 Å². The highest BCUT2D eigenvalue weighted by molar-refractivity contribution is 7.06. The highest BCUT2D eigenvalue weighted by Crippen LogP contribution is 2.40. The van der Waals surface area contributed by atoms with Crippen LogP contribution >= 0.6 is 0 Å². The Morgan fingerprint density at radius 3 is 0.917 bits per heavy atom. The molecule has 0 aliphatic carbocycles.